The molecule has 0 atom stereocenters. The Morgan fingerprint density at radius 1 is 1.17 bits per heavy atom. The molecule has 2 N–H and O–H groups in total. The normalized spacial score (nSPS) is 4.92. The average molecular weight is 323 g/mol. The van der Waals surface area contributed by atoms with Crippen LogP contribution in [0.15, 0.2) is 0 Å². The molecule has 0 heterocycles. The third kappa shape index (κ3) is 144. The zero-order valence-corrected chi connectivity index (χ0v) is 17.5. The molecule has 0 rings (SSSR count). The maximum absolute atomic E-state index is 8.67. The van der Waals surface area contributed by atoms with Gasteiger partial charge in [-0.05, 0) is 6.16 Å². The third-order valence-electron chi connectivity index (χ3n) is 0. The van der Waals surface area contributed by atoms with Crippen LogP contribution in [-0.2, 0) is 11.4 Å². The van der Waals surface area contributed by atoms with E-state index in [0.717, 1.165) is 0 Å². The van der Waals surface area contributed by atoms with Crippen molar-refractivity contribution in [3.8, 4) is 0 Å². The SMILES string of the molecule is O=C([O-])[O-].O=S(O)O.[Br-].[K+].[K+].[Na+]. The Bertz CT molecular complexity index is 83.5. The second kappa shape index (κ2) is 29.4. The van der Waals surface area contributed by atoms with E-state index in [1.807, 2.05) is 0 Å². The van der Waals surface area contributed by atoms with Gasteiger partial charge in [0.05, 0.1) is 0 Å². The Morgan fingerprint density at radius 2 is 1.17 bits per heavy atom. The molecule has 0 aliphatic rings. The summed E-state index contributed by atoms with van der Waals surface area (Å²) in [7, 11) is 0. The van der Waals surface area contributed by atoms with Gasteiger partial charge in [0.1, 0.15) is 0 Å². The van der Waals surface area contributed by atoms with Gasteiger partial charge in [-0.3, -0.25) is 9.11 Å². The van der Waals surface area contributed by atoms with Crippen molar-refractivity contribution in [1.29, 1.82) is 0 Å². The number of rotatable bonds is 0. The van der Waals surface area contributed by atoms with Crippen LogP contribution in [0.5, 0.6) is 0 Å². The molecule has 0 aromatic carbocycles. The first-order valence-corrected chi connectivity index (χ1v) is 2.21. The van der Waals surface area contributed by atoms with Gasteiger partial charge in [-0.15, -0.1) is 0 Å². The standard InChI is InChI=1S/CH2O3.BrH.2K.Na.H2O3S/c2-1(3)4;;;;;1-4(2)3/h(H2,2,3,4);1H;;;;(H2,1,2,3)/q;;3*+1;/p-3. The van der Waals surface area contributed by atoms with Crippen molar-refractivity contribution in [2.75, 3.05) is 0 Å². The van der Waals surface area contributed by atoms with Crippen LogP contribution in [0.2, 0.25) is 0 Å². The second-order valence-corrected chi connectivity index (χ2v) is 0.942. The summed E-state index contributed by atoms with van der Waals surface area (Å²) in [6.45, 7) is 0. The van der Waals surface area contributed by atoms with Crippen LogP contribution in [-0.4, -0.2) is 19.5 Å². The smallest absolute Gasteiger partial charge is 1.00 e. The Hall–Kier alpha value is 4.09. The summed E-state index contributed by atoms with van der Waals surface area (Å²) in [6, 6.07) is 0. The zero-order valence-electron chi connectivity index (χ0n) is 6.81. The minimum Gasteiger partial charge on any atom is -1.00 e. The molecule has 0 aliphatic carbocycles. The van der Waals surface area contributed by atoms with Crippen molar-refractivity contribution in [1.82, 2.24) is 0 Å². The fourth-order valence-electron chi connectivity index (χ4n) is 0. The summed E-state index contributed by atoms with van der Waals surface area (Å²) >= 11 is -2.61. The van der Waals surface area contributed by atoms with Crippen LogP contribution in [0, 0.1) is 0 Å². The molecule has 0 fully saturated rings. The fraction of sp³-hybridized carbons (Fsp3) is 0. The number of carboxylic acid groups (broad SMARTS) is 2. The Balaban J connectivity index is -0.0000000112. The largest absolute Gasteiger partial charge is 1.00 e. The molecule has 6 nitrogen and oxygen atoms in total. The van der Waals surface area contributed by atoms with E-state index in [-0.39, 0.29) is 149 Å². The van der Waals surface area contributed by atoms with Gasteiger partial charge >= 0.3 is 132 Å². The molecular weight excluding hydrogens is 321 g/mol. The summed E-state index contributed by atoms with van der Waals surface area (Å²) < 4.78 is 22.8. The fourth-order valence-corrected chi connectivity index (χ4v) is 0. The van der Waals surface area contributed by atoms with E-state index in [1.165, 1.54) is 0 Å². The van der Waals surface area contributed by atoms with Crippen molar-refractivity contribution < 1.29 is 178 Å². The molecule has 0 bridgehead atoms. The van der Waals surface area contributed by atoms with E-state index in [0.29, 0.717) is 0 Å². The monoisotopic (exact) mass is 322 g/mol. The number of hydrogen-bond acceptors (Lipinski definition) is 4. The van der Waals surface area contributed by atoms with Gasteiger partial charge in [0.25, 0.3) is 11.4 Å². The van der Waals surface area contributed by atoms with Crippen molar-refractivity contribution >= 4 is 17.5 Å². The van der Waals surface area contributed by atoms with Crippen LogP contribution in [0.4, 0.5) is 4.79 Å². The van der Waals surface area contributed by atoms with E-state index in [4.69, 9.17) is 28.3 Å². The molecule has 0 spiro atoms. The average Bonchev–Trinajstić information content (AvgIpc) is 1.25. The Kier molecular flexibility index (Phi) is 88.2. The van der Waals surface area contributed by atoms with Crippen molar-refractivity contribution in [3.63, 3.8) is 0 Å². The van der Waals surface area contributed by atoms with Gasteiger partial charge in [0, 0.05) is 0 Å². The molecule has 0 amide bonds. The number of halogens is 1. The van der Waals surface area contributed by atoms with Crippen molar-refractivity contribution in [3.05, 3.63) is 0 Å². The predicted octanol–water partition coefficient (Wildman–Crippen LogP) is -14.7. The molecule has 58 valence electrons. The summed E-state index contributed by atoms with van der Waals surface area (Å²) in [4.78, 5) is 8.33. The maximum atomic E-state index is 8.67. The third-order valence-corrected chi connectivity index (χ3v) is 0. The van der Waals surface area contributed by atoms with Gasteiger partial charge < -0.3 is 32.0 Å². The minimum absolute atomic E-state index is 0. The van der Waals surface area contributed by atoms with Crippen molar-refractivity contribution in [2.24, 2.45) is 0 Å². The number of hydrogen-bond donors (Lipinski definition) is 2. The molecule has 11 heteroatoms. The molecule has 0 aromatic heterocycles. The van der Waals surface area contributed by atoms with Gasteiger partial charge in [0.2, 0.25) is 0 Å². The second-order valence-electron chi connectivity index (χ2n) is 0.481. The van der Waals surface area contributed by atoms with Gasteiger partial charge in [-0.25, -0.2) is 0 Å². The molecule has 0 saturated carbocycles. The van der Waals surface area contributed by atoms with Crippen LogP contribution in [0.1, 0.15) is 0 Å². The van der Waals surface area contributed by atoms with E-state index in [9.17, 15) is 0 Å². The Morgan fingerprint density at radius 3 is 1.17 bits per heavy atom. The van der Waals surface area contributed by atoms with Gasteiger partial charge in [-0.2, -0.15) is 4.21 Å². The number of carbonyl (C=O) groups excluding carboxylic acids is 1. The van der Waals surface area contributed by atoms with Crippen LogP contribution < -0.4 is 160 Å². The number of carbonyl (C=O) groups is 1. The summed E-state index contributed by atoms with van der Waals surface area (Å²) in [6.07, 6.45) is -2.33. The first kappa shape index (κ1) is 36.0. The topological polar surface area (TPSA) is 121 Å². The predicted molar refractivity (Wildman–Crippen MR) is 18.8 cm³/mol. The van der Waals surface area contributed by atoms with E-state index < -0.39 is 17.5 Å². The quantitative estimate of drug-likeness (QED) is 0.337. The zero-order chi connectivity index (χ0) is 7.15. The van der Waals surface area contributed by atoms with Crippen molar-refractivity contribution in [2.45, 2.75) is 0 Å². The van der Waals surface area contributed by atoms with Crippen LogP contribution >= 0.6 is 0 Å². The molecule has 0 aromatic rings. The first-order chi connectivity index (χ1) is 3.46. The minimum atomic E-state index is -2.61. The summed E-state index contributed by atoms with van der Waals surface area (Å²) in [5.41, 5.74) is 0. The van der Waals surface area contributed by atoms with Gasteiger partial charge in [-0.1, -0.05) is 0 Å². The Labute approximate surface area is 190 Å². The van der Waals surface area contributed by atoms with Gasteiger partial charge in [0.15, 0.2) is 0 Å². The molecular formula is CH2BrK2NaO6S. The first-order valence-electron chi connectivity index (χ1n) is 1.14. The van der Waals surface area contributed by atoms with E-state index in [2.05, 4.69) is 0 Å². The van der Waals surface area contributed by atoms with E-state index in [1.54, 1.807) is 0 Å². The molecule has 0 aliphatic heterocycles. The summed E-state index contributed by atoms with van der Waals surface area (Å²) in [5, 5.41) is 16.7. The summed E-state index contributed by atoms with van der Waals surface area (Å²) in [5.74, 6) is 0. The molecule has 12 heavy (non-hydrogen) atoms. The molecule has 0 unspecified atom stereocenters. The molecule has 0 saturated heterocycles. The molecule has 0 radical (unpaired) electrons. The van der Waals surface area contributed by atoms with Crippen LogP contribution in [0.3, 0.4) is 0 Å². The maximum Gasteiger partial charge on any atom is 1.00 e. The van der Waals surface area contributed by atoms with E-state index >= 15 is 0 Å². The van der Waals surface area contributed by atoms with Crippen LogP contribution in [0.25, 0.3) is 0 Å².